The van der Waals surface area contributed by atoms with Gasteiger partial charge in [-0.25, -0.2) is 9.37 Å². The van der Waals surface area contributed by atoms with E-state index >= 15 is 0 Å². The fraction of sp³-hybridized carbons (Fsp3) is 0.200. The molecule has 8 heteroatoms. The highest BCUT2D eigenvalue weighted by atomic mass is 19.4. The molecule has 0 aliphatic rings. The molecule has 0 saturated heterocycles. The topological polar surface area (TPSA) is 46.4 Å². The number of imidazole rings is 1. The van der Waals surface area contributed by atoms with Gasteiger partial charge in [0.15, 0.2) is 0 Å². The molecule has 4 nitrogen and oxygen atoms in total. The molecule has 4 rings (SSSR count). The minimum Gasteiger partial charge on any atom is -0.352 e. The van der Waals surface area contributed by atoms with Gasteiger partial charge in [0.05, 0.1) is 11.3 Å². The van der Waals surface area contributed by atoms with E-state index < -0.39 is 17.7 Å². The number of nitrogens with zero attached hydrogens (tertiary/aromatic N) is 2. The zero-order valence-electron chi connectivity index (χ0n) is 17.7. The summed E-state index contributed by atoms with van der Waals surface area (Å²) in [4.78, 5) is 17.2. The summed E-state index contributed by atoms with van der Waals surface area (Å²) >= 11 is 0. The van der Waals surface area contributed by atoms with Gasteiger partial charge in [-0.3, -0.25) is 4.79 Å². The molecule has 0 radical (unpaired) electrons. The Morgan fingerprint density at radius 1 is 1.09 bits per heavy atom. The van der Waals surface area contributed by atoms with Gasteiger partial charge < -0.3 is 9.72 Å². The van der Waals surface area contributed by atoms with Gasteiger partial charge in [-0.2, -0.15) is 13.2 Å². The van der Waals surface area contributed by atoms with Crippen LogP contribution in [0.4, 0.5) is 17.6 Å². The van der Waals surface area contributed by atoms with Crippen LogP contribution in [0.1, 0.15) is 40.3 Å². The van der Waals surface area contributed by atoms with Crippen molar-refractivity contribution in [2.24, 2.45) is 0 Å². The number of benzene rings is 2. The zero-order chi connectivity index (χ0) is 23.6. The molecule has 33 heavy (non-hydrogen) atoms. The van der Waals surface area contributed by atoms with Crippen LogP contribution in [-0.4, -0.2) is 15.3 Å². The number of halogens is 4. The van der Waals surface area contributed by atoms with Crippen molar-refractivity contribution in [3.63, 3.8) is 0 Å². The van der Waals surface area contributed by atoms with Crippen molar-refractivity contribution in [2.75, 3.05) is 0 Å². The predicted molar refractivity (Wildman–Crippen MR) is 116 cm³/mol. The molecule has 0 bridgehead atoms. The van der Waals surface area contributed by atoms with Crippen molar-refractivity contribution in [2.45, 2.75) is 32.0 Å². The van der Waals surface area contributed by atoms with Crippen LogP contribution in [0.25, 0.3) is 5.65 Å². The molecule has 0 spiro atoms. The Kier molecular flexibility index (Phi) is 6.18. The molecule has 1 amide bonds. The second kappa shape index (κ2) is 9.05. The third-order valence-corrected chi connectivity index (χ3v) is 5.53. The molecule has 1 atom stereocenters. The Morgan fingerprint density at radius 2 is 1.85 bits per heavy atom. The largest absolute Gasteiger partial charge is 0.416 e. The van der Waals surface area contributed by atoms with E-state index in [0.717, 1.165) is 17.7 Å². The van der Waals surface area contributed by atoms with Gasteiger partial charge in [0, 0.05) is 31.3 Å². The van der Waals surface area contributed by atoms with Crippen LogP contribution in [0.15, 0.2) is 73.1 Å². The highest BCUT2D eigenvalue weighted by molar-refractivity contribution is 5.77. The first-order valence-corrected chi connectivity index (χ1v) is 10.3. The maximum Gasteiger partial charge on any atom is 0.416 e. The van der Waals surface area contributed by atoms with Crippen LogP contribution < -0.4 is 5.32 Å². The highest BCUT2D eigenvalue weighted by Crippen LogP contribution is 2.34. The number of carbonyl (C=O) groups is 1. The number of carbonyl (C=O) groups excluding carboxylic acids is 1. The van der Waals surface area contributed by atoms with Crippen molar-refractivity contribution in [3.05, 3.63) is 107 Å². The van der Waals surface area contributed by atoms with Crippen LogP contribution >= 0.6 is 0 Å². The lowest BCUT2D eigenvalue weighted by molar-refractivity contribution is -0.137. The van der Waals surface area contributed by atoms with E-state index in [4.69, 9.17) is 0 Å². The van der Waals surface area contributed by atoms with E-state index in [9.17, 15) is 22.4 Å². The second-order valence-corrected chi connectivity index (χ2v) is 7.85. The van der Waals surface area contributed by atoms with Gasteiger partial charge in [-0.15, -0.1) is 0 Å². The van der Waals surface area contributed by atoms with E-state index in [2.05, 4.69) is 10.3 Å². The number of hydrogen-bond acceptors (Lipinski definition) is 2. The first kappa shape index (κ1) is 22.5. The van der Waals surface area contributed by atoms with Crippen LogP contribution in [0.2, 0.25) is 0 Å². The zero-order valence-corrected chi connectivity index (χ0v) is 17.7. The minimum atomic E-state index is -4.50. The Balaban J connectivity index is 1.66. The lowest BCUT2D eigenvalue weighted by atomic mass is 9.91. The smallest absolute Gasteiger partial charge is 0.352 e. The second-order valence-electron chi connectivity index (χ2n) is 7.85. The molecular weight excluding hydrogens is 434 g/mol. The van der Waals surface area contributed by atoms with Crippen LogP contribution in [-0.2, 0) is 17.5 Å². The predicted octanol–water partition coefficient (Wildman–Crippen LogP) is 5.64. The summed E-state index contributed by atoms with van der Waals surface area (Å²) in [5.74, 6) is -1.38. The van der Waals surface area contributed by atoms with Crippen molar-refractivity contribution in [1.82, 2.24) is 14.7 Å². The van der Waals surface area contributed by atoms with Crippen LogP contribution in [0, 0.1) is 12.7 Å². The number of aromatic nitrogens is 2. The molecule has 0 fully saturated rings. The Hall–Kier alpha value is -3.68. The Morgan fingerprint density at radius 3 is 2.58 bits per heavy atom. The maximum absolute atomic E-state index is 13.4. The lowest BCUT2D eigenvalue weighted by Crippen LogP contribution is -2.25. The number of nitrogens with one attached hydrogen (secondary N) is 1. The summed E-state index contributed by atoms with van der Waals surface area (Å²) in [6.45, 7) is 2.07. The number of pyridine rings is 1. The van der Waals surface area contributed by atoms with Crippen molar-refractivity contribution < 1.29 is 22.4 Å². The van der Waals surface area contributed by atoms with Gasteiger partial charge in [-0.05, 0) is 47.9 Å². The fourth-order valence-corrected chi connectivity index (χ4v) is 3.81. The Labute approximate surface area is 187 Å². The van der Waals surface area contributed by atoms with Gasteiger partial charge in [0.1, 0.15) is 11.5 Å². The van der Waals surface area contributed by atoms with Gasteiger partial charge in [0.2, 0.25) is 5.91 Å². The normalized spacial score (nSPS) is 12.6. The SMILES string of the molecule is Cc1cccn2c(C(CC(=O)NCc3ccc(F)cc3)c3cccc(C(F)(F)F)c3)cnc12. The first-order chi connectivity index (χ1) is 15.7. The monoisotopic (exact) mass is 455 g/mol. The quantitative estimate of drug-likeness (QED) is 0.383. The number of aryl methyl sites for hydroxylation is 1. The fourth-order valence-electron chi connectivity index (χ4n) is 3.81. The van der Waals surface area contributed by atoms with E-state index in [1.54, 1.807) is 35.0 Å². The summed E-state index contributed by atoms with van der Waals surface area (Å²) in [7, 11) is 0. The summed E-state index contributed by atoms with van der Waals surface area (Å²) in [6.07, 6.45) is -1.20. The Bertz CT molecular complexity index is 1280. The lowest BCUT2D eigenvalue weighted by Gasteiger charge is -2.19. The third kappa shape index (κ3) is 5.05. The van der Waals surface area contributed by atoms with Gasteiger partial charge in [0.25, 0.3) is 0 Å². The number of alkyl halides is 3. The standard InChI is InChI=1S/C25H21F4N3O/c1-16-4-3-11-32-22(15-31-24(16)32)21(18-5-2-6-19(12-18)25(27,28)29)13-23(33)30-14-17-7-9-20(26)10-8-17/h2-12,15,21H,13-14H2,1H3,(H,30,33). The molecule has 1 unspecified atom stereocenters. The molecule has 2 aromatic carbocycles. The molecule has 170 valence electrons. The summed E-state index contributed by atoms with van der Waals surface area (Å²) in [5, 5.41) is 2.77. The van der Waals surface area contributed by atoms with Crippen LogP contribution in [0.3, 0.4) is 0 Å². The third-order valence-electron chi connectivity index (χ3n) is 5.53. The summed E-state index contributed by atoms with van der Waals surface area (Å²) < 4.78 is 55.0. The number of hydrogen-bond donors (Lipinski definition) is 1. The summed E-state index contributed by atoms with van der Waals surface area (Å²) in [6, 6.07) is 14.5. The molecule has 2 heterocycles. The molecule has 0 aliphatic carbocycles. The molecule has 1 N–H and O–H groups in total. The average molecular weight is 455 g/mol. The maximum atomic E-state index is 13.4. The number of amides is 1. The van der Waals surface area contributed by atoms with Crippen molar-refractivity contribution >= 4 is 11.6 Å². The van der Waals surface area contributed by atoms with Crippen molar-refractivity contribution in [3.8, 4) is 0 Å². The summed E-state index contributed by atoms with van der Waals surface area (Å²) in [5.41, 5.74) is 2.51. The van der Waals surface area contributed by atoms with E-state index in [0.29, 0.717) is 22.5 Å². The van der Waals surface area contributed by atoms with E-state index in [-0.39, 0.29) is 24.7 Å². The van der Waals surface area contributed by atoms with Gasteiger partial charge >= 0.3 is 6.18 Å². The molecule has 0 aliphatic heterocycles. The molecule has 2 aromatic heterocycles. The molecule has 4 aromatic rings. The number of rotatable bonds is 6. The average Bonchev–Trinajstić information content (AvgIpc) is 3.22. The first-order valence-electron chi connectivity index (χ1n) is 10.3. The van der Waals surface area contributed by atoms with Crippen LogP contribution in [0.5, 0.6) is 0 Å². The number of fused-ring (bicyclic) bond motifs is 1. The van der Waals surface area contributed by atoms with Crippen molar-refractivity contribution in [1.29, 1.82) is 0 Å². The molecular formula is C25H21F4N3O. The minimum absolute atomic E-state index is 0.0791. The molecule has 0 saturated carbocycles. The van der Waals surface area contributed by atoms with E-state index in [1.165, 1.54) is 18.2 Å². The van der Waals surface area contributed by atoms with Gasteiger partial charge in [-0.1, -0.05) is 36.4 Å². The highest BCUT2D eigenvalue weighted by Gasteiger charge is 2.32. The van der Waals surface area contributed by atoms with E-state index in [1.807, 2.05) is 19.1 Å².